The highest BCUT2D eigenvalue weighted by molar-refractivity contribution is 7.26. The zero-order valence-corrected chi connectivity index (χ0v) is 21.0. The molecular weight excluding hydrogens is 448 g/mol. The third-order valence-electron chi connectivity index (χ3n) is 7.01. The predicted molar refractivity (Wildman–Crippen MR) is 146 cm³/mol. The summed E-state index contributed by atoms with van der Waals surface area (Å²) in [7, 11) is 0. The number of nitrogens with zero attached hydrogens (tertiary/aromatic N) is 4. The Morgan fingerprint density at radius 1 is 0.829 bits per heavy atom. The van der Waals surface area contributed by atoms with Gasteiger partial charge < -0.3 is 4.90 Å². The first-order valence-electron chi connectivity index (χ1n) is 12.7. The molecule has 0 saturated heterocycles. The van der Waals surface area contributed by atoms with Gasteiger partial charge in [0.1, 0.15) is 11.2 Å². The topological polar surface area (TPSA) is 41.9 Å². The summed E-state index contributed by atoms with van der Waals surface area (Å²) in [5, 5.41) is 1.28. The molecule has 176 valence electrons. The Morgan fingerprint density at radius 2 is 1.49 bits per heavy atom. The first-order chi connectivity index (χ1) is 17.3. The van der Waals surface area contributed by atoms with Gasteiger partial charge in [-0.3, -0.25) is 0 Å². The fourth-order valence-electron chi connectivity index (χ4n) is 5.41. The van der Waals surface area contributed by atoms with Crippen LogP contribution in [0.1, 0.15) is 54.1 Å². The number of aryl methyl sites for hydroxylation is 2. The molecular formula is C30H30N4S. The number of hydrogen-bond acceptors (Lipinski definition) is 5. The van der Waals surface area contributed by atoms with Crippen molar-refractivity contribution >= 4 is 37.6 Å². The van der Waals surface area contributed by atoms with Gasteiger partial charge in [-0.2, -0.15) is 0 Å². The number of anilines is 1. The van der Waals surface area contributed by atoms with E-state index in [0.29, 0.717) is 0 Å². The number of hydrogen-bond donors (Lipinski definition) is 0. The monoisotopic (exact) mass is 478 g/mol. The predicted octanol–water partition coefficient (Wildman–Crippen LogP) is 7.28. The number of aromatic nitrogens is 3. The lowest BCUT2D eigenvalue weighted by Gasteiger charge is -2.24. The molecule has 0 aliphatic heterocycles. The molecule has 6 rings (SSSR count). The normalized spacial score (nSPS) is 13.3. The smallest absolute Gasteiger partial charge is 0.150 e. The van der Waals surface area contributed by atoms with Gasteiger partial charge in [-0.1, -0.05) is 74.0 Å². The van der Waals surface area contributed by atoms with Gasteiger partial charge in [0.2, 0.25) is 0 Å². The minimum Gasteiger partial charge on any atom is -0.347 e. The third-order valence-corrected chi connectivity index (χ3v) is 8.08. The van der Waals surface area contributed by atoms with Crippen molar-refractivity contribution in [2.45, 2.75) is 58.5 Å². The van der Waals surface area contributed by atoms with Crippen LogP contribution in [0.4, 0.5) is 5.82 Å². The molecule has 5 heteroatoms. The number of fused-ring (bicyclic) bond motifs is 5. The Balaban J connectivity index is 1.52. The summed E-state index contributed by atoms with van der Waals surface area (Å²) in [6.07, 6.45) is 8.73. The standard InChI is InChI=1S/C30H30N4S/c1-2-11-25-23-16-9-10-17-24(23)26-27-28(35-30(26)33-25)29(32-20-31-27)34(18-21-12-5-3-6-13-21)19-22-14-7-4-8-15-22/h3-8,12-15,20H,2,9-11,16-19H2,1H3. The van der Waals surface area contributed by atoms with E-state index in [2.05, 4.69) is 72.5 Å². The highest BCUT2D eigenvalue weighted by Gasteiger charge is 2.24. The average Bonchev–Trinajstić information content (AvgIpc) is 3.28. The Kier molecular flexibility index (Phi) is 6.17. The van der Waals surface area contributed by atoms with Gasteiger partial charge in [-0.05, 0) is 54.4 Å². The Hall–Kier alpha value is -3.31. The number of rotatable bonds is 7. The second-order valence-electron chi connectivity index (χ2n) is 9.46. The fourth-order valence-corrected chi connectivity index (χ4v) is 6.60. The Bertz CT molecular complexity index is 1420. The largest absolute Gasteiger partial charge is 0.347 e. The average molecular weight is 479 g/mol. The summed E-state index contributed by atoms with van der Waals surface area (Å²) in [6.45, 7) is 3.84. The zero-order valence-electron chi connectivity index (χ0n) is 20.2. The molecule has 35 heavy (non-hydrogen) atoms. The van der Waals surface area contributed by atoms with Crippen LogP contribution in [0.15, 0.2) is 67.0 Å². The number of thiophene rings is 1. The molecule has 0 radical (unpaired) electrons. The van der Waals surface area contributed by atoms with Crippen LogP contribution in [0.2, 0.25) is 0 Å². The van der Waals surface area contributed by atoms with E-state index in [9.17, 15) is 0 Å². The SMILES string of the molecule is CCCc1nc2sc3c(N(Cc4ccccc4)Cc4ccccc4)ncnc3c2c2c1CCCC2. The van der Waals surface area contributed by atoms with E-state index in [-0.39, 0.29) is 0 Å². The van der Waals surface area contributed by atoms with Crippen LogP contribution in [0, 0.1) is 0 Å². The maximum atomic E-state index is 5.22. The van der Waals surface area contributed by atoms with Gasteiger partial charge >= 0.3 is 0 Å². The van der Waals surface area contributed by atoms with Crippen LogP contribution in [0.3, 0.4) is 0 Å². The zero-order chi connectivity index (χ0) is 23.6. The van der Waals surface area contributed by atoms with Crippen molar-refractivity contribution in [1.29, 1.82) is 0 Å². The van der Waals surface area contributed by atoms with Gasteiger partial charge in [-0.25, -0.2) is 15.0 Å². The van der Waals surface area contributed by atoms with Crippen LogP contribution < -0.4 is 4.90 Å². The molecule has 4 nitrogen and oxygen atoms in total. The van der Waals surface area contributed by atoms with Gasteiger partial charge in [0.15, 0.2) is 5.82 Å². The second kappa shape index (κ2) is 9.74. The van der Waals surface area contributed by atoms with E-state index in [1.54, 1.807) is 17.7 Å². The molecule has 0 unspecified atom stereocenters. The highest BCUT2D eigenvalue weighted by Crippen LogP contribution is 2.42. The maximum Gasteiger partial charge on any atom is 0.150 e. The van der Waals surface area contributed by atoms with E-state index in [0.717, 1.165) is 59.6 Å². The van der Waals surface area contributed by atoms with Crippen molar-refractivity contribution in [2.24, 2.45) is 0 Å². The molecule has 0 atom stereocenters. The van der Waals surface area contributed by atoms with Crippen LogP contribution in [-0.2, 0) is 32.4 Å². The molecule has 5 aromatic rings. The van der Waals surface area contributed by atoms with Crippen LogP contribution in [0.5, 0.6) is 0 Å². The van der Waals surface area contributed by atoms with Crippen LogP contribution in [-0.4, -0.2) is 15.0 Å². The summed E-state index contributed by atoms with van der Waals surface area (Å²) in [6, 6.07) is 21.3. The maximum absolute atomic E-state index is 5.22. The summed E-state index contributed by atoms with van der Waals surface area (Å²) < 4.78 is 1.16. The summed E-state index contributed by atoms with van der Waals surface area (Å²) >= 11 is 1.77. The molecule has 0 N–H and O–H groups in total. The number of pyridine rings is 1. The number of benzene rings is 2. The Morgan fingerprint density at radius 3 is 2.14 bits per heavy atom. The lowest BCUT2D eigenvalue weighted by Crippen LogP contribution is -2.23. The summed E-state index contributed by atoms with van der Waals surface area (Å²) in [4.78, 5) is 18.4. The van der Waals surface area contributed by atoms with Crippen LogP contribution >= 0.6 is 11.3 Å². The van der Waals surface area contributed by atoms with Crippen molar-refractivity contribution in [2.75, 3.05) is 4.90 Å². The van der Waals surface area contributed by atoms with Gasteiger partial charge in [-0.15, -0.1) is 11.3 Å². The quantitative estimate of drug-likeness (QED) is 0.246. The fraction of sp³-hybridized carbons (Fsp3) is 0.300. The molecule has 3 aromatic heterocycles. The molecule has 2 aromatic carbocycles. The molecule has 0 saturated carbocycles. The van der Waals surface area contributed by atoms with Gasteiger partial charge in [0, 0.05) is 24.2 Å². The summed E-state index contributed by atoms with van der Waals surface area (Å²) in [5.74, 6) is 1.01. The molecule has 0 bridgehead atoms. The Labute approximate surface area is 210 Å². The van der Waals surface area contributed by atoms with E-state index >= 15 is 0 Å². The summed E-state index contributed by atoms with van der Waals surface area (Å²) in [5.41, 5.74) is 7.93. The van der Waals surface area contributed by atoms with E-state index in [1.165, 1.54) is 46.2 Å². The molecule has 0 fully saturated rings. The minimum atomic E-state index is 0.794. The van der Waals surface area contributed by atoms with E-state index in [4.69, 9.17) is 15.0 Å². The third kappa shape index (κ3) is 4.30. The van der Waals surface area contributed by atoms with E-state index < -0.39 is 0 Å². The van der Waals surface area contributed by atoms with Crippen molar-refractivity contribution in [3.8, 4) is 0 Å². The first kappa shape index (κ1) is 22.2. The van der Waals surface area contributed by atoms with Crippen LogP contribution in [0.25, 0.3) is 20.4 Å². The van der Waals surface area contributed by atoms with Crippen molar-refractivity contribution in [3.63, 3.8) is 0 Å². The highest BCUT2D eigenvalue weighted by atomic mass is 32.1. The van der Waals surface area contributed by atoms with Crippen molar-refractivity contribution in [3.05, 3.63) is 94.9 Å². The molecule has 0 spiro atoms. The molecule has 3 heterocycles. The van der Waals surface area contributed by atoms with Crippen molar-refractivity contribution in [1.82, 2.24) is 15.0 Å². The minimum absolute atomic E-state index is 0.794. The molecule has 1 aliphatic carbocycles. The molecule has 0 amide bonds. The van der Waals surface area contributed by atoms with Gasteiger partial charge in [0.25, 0.3) is 0 Å². The lowest BCUT2D eigenvalue weighted by atomic mass is 9.88. The lowest BCUT2D eigenvalue weighted by molar-refractivity contribution is 0.675. The van der Waals surface area contributed by atoms with E-state index in [1.807, 2.05) is 0 Å². The second-order valence-corrected chi connectivity index (χ2v) is 10.5. The first-order valence-corrected chi connectivity index (χ1v) is 13.5. The van der Waals surface area contributed by atoms with Crippen molar-refractivity contribution < 1.29 is 0 Å². The van der Waals surface area contributed by atoms with Gasteiger partial charge in [0.05, 0.1) is 10.2 Å². The molecule has 1 aliphatic rings.